The lowest BCUT2D eigenvalue weighted by Crippen LogP contribution is -2.44. The Labute approximate surface area is 290 Å². The van der Waals surface area contributed by atoms with Gasteiger partial charge < -0.3 is 37.6 Å². The van der Waals surface area contributed by atoms with Crippen LogP contribution in [-0.4, -0.2) is 90.8 Å². The molecule has 0 aromatic carbocycles. The van der Waals surface area contributed by atoms with Crippen LogP contribution in [0.25, 0.3) is 0 Å². The summed E-state index contributed by atoms with van der Waals surface area (Å²) in [5.41, 5.74) is 0. The van der Waals surface area contributed by atoms with Crippen LogP contribution in [0, 0.1) is 11.8 Å². The Morgan fingerprint density at radius 1 is 0.812 bits per heavy atom. The largest absolute Gasteiger partial charge is 0.467 e. The zero-order valence-corrected chi connectivity index (χ0v) is 31.6. The fraction of sp³-hybridized carbons (Fsp3) is 0.892. The van der Waals surface area contributed by atoms with Crippen molar-refractivity contribution in [2.75, 3.05) is 33.5 Å². The molecule has 4 aliphatic rings. The van der Waals surface area contributed by atoms with Crippen molar-refractivity contribution in [3.63, 3.8) is 0 Å². The molecule has 4 unspecified atom stereocenters. The molecule has 1 aliphatic carbocycles. The number of unbranched alkanes of at least 4 members (excludes halogenated alkanes) is 1. The number of ether oxygens (including phenoxy) is 7. The van der Waals surface area contributed by atoms with Crippen molar-refractivity contribution in [2.24, 2.45) is 11.8 Å². The molecule has 0 bridgehead atoms. The Morgan fingerprint density at radius 3 is 1.90 bits per heavy atom. The summed E-state index contributed by atoms with van der Waals surface area (Å²) in [4.78, 5) is 25.3. The number of allylic oxidation sites excluding steroid dienone is 2. The number of Topliss-reactive ketones (excluding diaryl/α,β-unsaturated/α-hetero) is 1. The van der Waals surface area contributed by atoms with Crippen LogP contribution in [0.1, 0.15) is 111 Å². The molecule has 276 valence electrons. The number of hydrogen-bond donors (Lipinski definition) is 0. The van der Waals surface area contributed by atoms with Gasteiger partial charge in [-0.25, -0.2) is 4.79 Å². The third-order valence-electron chi connectivity index (χ3n) is 10.8. The first-order valence-corrected chi connectivity index (χ1v) is 21.6. The van der Waals surface area contributed by atoms with Crippen LogP contribution in [-0.2, 0) is 47.2 Å². The van der Waals surface area contributed by atoms with E-state index < -0.39 is 26.7 Å². The van der Waals surface area contributed by atoms with Gasteiger partial charge in [0.15, 0.2) is 33.0 Å². The monoisotopic (exact) mass is 696 g/mol. The fourth-order valence-corrected chi connectivity index (χ4v) is 7.83. The van der Waals surface area contributed by atoms with Gasteiger partial charge in [0.2, 0.25) is 6.10 Å². The maximum absolute atomic E-state index is 13.0. The molecule has 10 nitrogen and oxygen atoms in total. The molecule has 0 aromatic heterocycles. The van der Waals surface area contributed by atoms with E-state index in [0.29, 0.717) is 32.5 Å². The van der Waals surface area contributed by atoms with E-state index in [1.54, 1.807) is 0 Å². The highest BCUT2D eigenvalue weighted by Crippen LogP contribution is 2.44. The van der Waals surface area contributed by atoms with Crippen molar-refractivity contribution in [2.45, 2.75) is 166 Å². The Balaban J connectivity index is 1.39. The highest BCUT2D eigenvalue weighted by Gasteiger charge is 2.48. The highest BCUT2D eigenvalue weighted by molar-refractivity contribution is 6.74. The predicted molar refractivity (Wildman–Crippen MR) is 185 cm³/mol. The van der Waals surface area contributed by atoms with E-state index in [1.165, 1.54) is 7.11 Å². The minimum Gasteiger partial charge on any atom is -0.467 e. The number of carbonyl (C=O) groups excluding carboxylic acids is 2. The van der Waals surface area contributed by atoms with Gasteiger partial charge >= 0.3 is 5.97 Å². The Bertz CT molecular complexity index is 995. The minimum absolute atomic E-state index is 0.0131. The molecule has 0 radical (unpaired) electrons. The van der Waals surface area contributed by atoms with Crippen LogP contribution in [0.5, 0.6) is 0 Å². The van der Waals surface area contributed by atoms with Crippen LogP contribution < -0.4 is 0 Å². The zero-order valence-electron chi connectivity index (χ0n) is 30.6. The quantitative estimate of drug-likeness (QED) is 0.0508. The third kappa shape index (κ3) is 12.0. The average Bonchev–Trinajstić information content (AvgIpc) is 3.39. The average molecular weight is 697 g/mol. The van der Waals surface area contributed by atoms with Gasteiger partial charge in [0, 0.05) is 45.2 Å². The van der Waals surface area contributed by atoms with E-state index in [4.69, 9.17) is 37.6 Å². The van der Waals surface area contributed by atoms with Gasteiger partial charge in [0.25, 0.3) is 0 Å². The maximum Gasteiger partial charge on any atom is 0.342 e. The van der Waals surface area contributed by atoms with Crippen LogP contribution in [0.15, 0.2) is 12.2 Å². The van der Waals surface area contributed by atoms with Gasteiger partial charge in [0.1, 0.15) is 0 Å². The van der Waals surface area contributed by atoms with Gasteiger partial charge in [-0.15, -0.1) is 0 Å². The molecule has 0 spiro atoms. The zero-order chi connectivity index (χ0) is 34.6. The van der Waals surface area contributed by atoms with Gasteiger partial charge in [-0.2, -0.15) is 0 Å². The third-order valence-corrected chi connectivity index (χ3v) is 15.3. The van der Waals surface area contributed by atoms with E-state index in [0.717, 1.165) is 77.4 Å². The maximum atomic E-state index is 13.0. The molecule has 3 aliphatic heterocycles. The van der Waals surface area contributed by atoms with Crippen molar-refractivity contribution >= 4 is 20.1 Å². The van der Waals surface area contributed by atoms with Crippen molar-refractivity contribution in [1.82, 2.24) is 0 Å². The number of methoxy groups -OCH3 is 1. The van der Waals surface area contributed by atoms with Crippen molar-refractivity contribution in [1.29, 1.82) is 0 Å². The predicted octanol–water partition coefficient (Wildman–Crippen LogP) is 7.24. The Hall–Kier alpha value is -1.18. The molecule has 3 saturated heterocycles. The van der Waals surface area contributed by atoms with E-state index in [-0.39, 0.29) is 53.9 Å². The fourth-order valence-electron chi connectivity index (χ4n) is 6.79. The van der Waals surface area contributed by atoms with Gasteiger partial charge in [-0.3, -0.25) is 4.79 Å². The van der Waals surface area contributed by atoms with Crippen LogP contribution in [0.2, 0.25) is 18.1 Å². The standard InChI is InChI=1S/C37H64O10Si/c1-37(2,3)48(5,6)44-26-28-27(30(45-32-19-11-14-22-41-32)25-31(28)46-33-20-12-15-23-42-33)17-9-7-8-10-18-29(38)35(36(39)40-4)47-34-21-13-16-24-43-34/h7,9,27-28,30-35H,8,10-26H2,1-6H3/b9-7-/t27-,28-,30-,31-,32?,33?,34?,35?/m1/s1. The second-order valence-corrected chi connectivity index (χ2v) is 20.3. The summed E-state index contributed by atoms with van der Waals surface area (Å²) in [5.74, 6) is -0.585. The highest BCUT2D eigenvalue weighted by atomic mass is 28.4. The molecule has 0 N–H and O–H groups in total. The molecule has 8 atom stereocenters. The number of hydrogen-bond acceptors (Lipinski definition) is 10. The van der Waals surface area contributed by atoms with Crippen LogP contribution in [0.4, 0.5) is 0 Å². The summed E-state index contributed by atoms with van der Waals surface area (Å²) >= 11 is 0. The SMILES string of the molecule is COC(=O)C(OC1CCCCO1)C(=O)CCC/C=C\C[C@@H]1[C@@H](CO[Si](C)(C)C(C)(C)C)[C@H](OC2CCCCO2)C[C@H]1OC1CCCCO1. The molecule has 1 saturated carbocycles. The van der Waals surface area contributed by atoms with E-state index in [2.05, 4.69) is 46.0 Å². The Morgan fingerprint density at radius 2 is 1.38 bits per heavy atom. The van der Waals surface area contributed by atoms with Crippen molar-refractivity contribution in [3.8, 4) is 0 Å². The summed E-state index contributed by atoms with van der Waals surface area (Å²) < 4.78 is 48.5. The van der Waals surface area contributed by atoms with Crippen molar-refractivity contribution in [3.05, 3.63) is 12.2 Å². The van der Waals surface area contributed by atoms with Crippen molar-refractivity contribution < 1.29 is 47.2 Å². The summed E-state index contributed by atoms with van der Waals surface area (Å²) in [5, 5.41) is 0.106. The summed E-state index contributed by atoms with van der Waals surface area (Å²) in [6.45, 7) is 14.1. The molecule has 0 amide bonds. The molecule has 4 fully saturated rings. The number of esters is 1. The lowest BCUT2D eigenvalue weighted by Gasteiger charge is -2.39. The van der Waals surface area contributed by atoms with Gasteiger partial charge in [-0.05, 0) is 101 Å². The van der Waals surface area contributed by atoms with E-state index in [9.17, 15) is 9.59 Å². The summed E-state index contributed by atoms with van der Waals surface area (Å²) in [6.07, 6.45) is 14.1. The van der Waals surface area contributed by atoms with E-state index >= 15 is 0 Å². The lowest BCUT2D eigenvalue weighted by molar-refractivity contribution is -0.204. The van der Waals surface area contributed by atoms with Crippen LogP contribution in [0.3, 0.4) is 0 Å². The second-order valence-electron chi connectivity index (χ2n) is 15.5. The first-order valence-electron chi connectivity index (χ1n) is 18.7. The Kier molecular flexibility index (Phi) is 16.0. The molecular weight excluding hydrogens is 632 g/mol. The van der Waals surface area contributed by atoms with Gasteiger partial charge in [0.05, 0.1) is 19.3 Å². The molecule has 0 aromatic rings. The molecular formula is C37H64O10Si. The smallest absolute Gasteiger partial charge is 0.342 e. The van der Waals surface area contributed by atoms with E-state index in [1.807, 2.05) is 0 Å². The lowest BCUT2D eigenvalue weighted by atomic mass is 9.90. The topological polar surface area (TPSA) is 108 Å². The summed E-state index contributed by atoms with van der Waals surface area (Å²) in [7, 11) is -0.719. The molecule has 4 rings (SSSR count). The second kappa shape index (κ2) is 19.4. The number of rotatable bonds is 17. The van der Waals surface area contributed by atoms with Gasteiger partial charge in [-0.1, -0.05) is 32.9 Å². The molecule has 11 heteroatoms. The molecule has 3 heterocycles. The first kappa shape index (κ1) is 39.6. The summed E-state index contributed by atoms with van der Waals surface area (Å²) in [6, 6.07) is 0. The minimum atomic E-state index is -2.00. The number of carbonyl (C=O) groups is 2. The van der Waals surface area contributed by atoms with Crippen LogP contribution >= 0.6 is 0 Å². The number of ketones is 1. The first-order chi connectivity index (χ1) is 23.0. The molecule has 48 heavy (non-hydrogen) atoms. The normalized spacial score (nSPS) is 31.2.